The predicted octanol–water partition coefficient (Wildman–Crippen LogP) is 7.27. The number of alkyl halides is 2. The number of Topliss-reactive ketones (excluding diaryl/α,β-unsaturated/α-hetero) is 2. The van der Waals surface area contributed by atoms with Crippen LogP contribution >= 0.6 is 58.3 Å². The molecule has 0 aliphatic carbocycles. The number of aliphatic carboxylic acids is 1. The van der Waals surface area contributed by atoms with E-state index in [1.807, 2.05) is 0 Å². The van der Waals surface area contributed by atoms with Crippen LogP contribution in [-0.2, 0) is 54.7 Å². The van der Waals surface area contributed by atoms with Crippen LogP contribution in [0, 0.1) is 22.5 Å². The topological polar surface area (TPSA) is 310 Å². The van der Waals surface area contributed by atoms with E-state index in [1.54, 1.807) is 59.7 Å². The van der Waals surface area contributed by atoms with Gasteiger partial charge >= 0.3 is 5.97 Å². The van der Waals surface area contributed by atoms with Crippen molar-refractivity contribution in [1.82, 2.24) is 39.7 Å². The zero-order valence-corrected chi connectivity index (χ0v) is 47.8. The lowest BCUT2D eigenvalue weighted by Gasteiger charge is -2.23. The fourth-order valence-electron chi connectivity index (χ4n) is 7.92. The Kier molecular flexibility index (Phi) is 21.5. The number of anilines is 2. The highest BCUT2D eigenvalue weighted by molar-refractivity contribution is 7.23. The summed E-state index contributed by atoms with van der Waals surface area (Å²) in [6.07, 6.45) is -1.91. The summed E-state index contributed by atoms with van der Waals surface area (Å²) < 4.78 is 57.9. The van der Waals surface area contributed by atoms with E-state index < -0.39 is 89.5 Å². The number of hydrogen-bond acceptors (Lipinski definition) is 15. The molecule has 5 amide bonds. The monoisotopic (exact) mass is 1210 g/mol. The van der Waals surface area contributed by atoms with Crippen LogP contribution in [0.2, 0.25) is 10.0 Å². The second kappa shape index (κ2) is 26.7. The zero-order chi connectivity index (χ0) is 58.4. The molecular weight excluding hydrogens is 1160 g/mol. The van der Waals surface area contributed by atoms with Gasteiger partial charge in [0.2, 0.25) is 17.7 Å². The number of benzene rings is 2. The molecule has 2 aromatic carbocycles. The summed E-state index contributed by atoms with van der Waals surface area (Å²) in [6, 6.07) is 7.73. The van der Waals surface area contributed by atoms with Crippen molar-refractivity contribution in [3.8, 4) is 0 Å². The highest BCUT2D eigenvalue weighted by Crippen LogP contribution is 2.33. The van der Waals surface area contributed by atoms with Crippen molar-refractivity contribution in [2.75, 3.05) is 23.7 Å². The highest BCUT2D eigenvalue weighted by Gasteiger charge is 2.40. The molecule has 2 saturated heterocycles. The molecule has 30 heteroatoms. The minimum absolute atomic E-state index is 0. The number of amides is 5. The molecule has 0 saturated carbocycles. The zero-order valence-electron chi connectivity index (χ0n) is 43.8. The molecule has 2 aliphatic rings. The van der Waals surface area contributed by atoms with E-state index in [4.69, 9.17) is 39.8 Å². The average Bonchev–Trinajstić information content (AvgIpc) is 4.24. The van der Waals surface area contributed by atoms with E-state index in [2.05, 4.69) is 36.1 Å². The molecule has 21 nitrogen and oxygen atoms in total. The number of thiazole rings is 2. The highest BCUT2D eigenvalue weighted by atomic mass is 35.5. The van der Waals surface area contributed by atoms with Gasteiger partial charge in [-0.2, -0.15) is 20.2 Å². The van der Waals surface area contributed by atoms with Gasteiger partial charge in [-0.05, 0) is 36.1 Å². The van der Waals surface area contributed by atoms with E-state index >= 15 is 0 Å². The van der Waals surface area contributed by atoms with Gasteiger partial charge in [0, 0.05) is 43.1 Å². The fraction of sp³-hybridized carbons (Fsp3) is 0.440. The van der Waals surface area contributed by atoms with Crippen molar-refractivity contribution in [2.45, 2.75) is 118 Å². The molecule has 0 radical (unpaired) electrons. The third-order valence-corrected chi connectivity index (χ3v) is 14.7. The van der Waals surface area contributed by atoms with Crippen molar-refractivity contribution in [1.29, 1.82) is 0 Å². The Morgan fingerprint density at radius 2 is 1.16 bits per heavy atom. The normalized spacial score (nSPS) is 17.0. The standard InChI is InChI=1S/C25H27ClF2N6O4S.C13H14ClF2NO.C12H15N5O4S.ClH/c1-25(2,3)23(38)31-24-30-22-20(39-24)19(21(29)37)32-34(22)11-17(36)33-10-13(27)9-15(33)16(35)8-7-12-5-4-6-14(26)18(12)28;14-10-3-1-2-8(13(10)16)4-5-12(18)11-6-9(15)7-17-11;1-12(2,3)10(21)15-11-14-9-7(22-11)6(8(13)20)16-17(9)4-5(18)19;/h4-6,13,15H,7-11H2,1-3H3,(H2,29,37)(H,30,31,38);1-3,9,11,17H,4-7H2;4H2,1-3H3,(H2,13,20)(H,18,19)(H,14,15,21);1H/t13-,15+;9-,11+;;/m11../s1. The number of aryl methyl sites for hydroxylation is 2. The number of rotatable bonds is 16. The second-order valence-corrected chi connectivity index (χ2v) is 23.2. The number of nitrogens with zero attached hydrogens (tertiary/aromatic N) is 7. The molecule has 432 valence electrons. The fourth-order valence-corrected chi connectivity index (χ4v) is 10.2. The van der Waals surface area contributed by atoms with E-state index in [-0.39, 0.29) is 128 Å². The van der Waals surface area contributed by atoms with Crippen molar-refractivity contribution < 1.29 is 61.0 Å². The summed E-state index contributed by atoms with van der Waals surface area (Å²) in [4.78, 5) is 106. The number of carboxylic acids is 1. The summed E-state index contributed by atoms with van der Waals surface area (Å²) in [7, 11) is 0. The maximum Gasteiger partial charge on any atom is 0.325 e. The molecule has 0 spiro atoms. The van der Waals surface area contributed by atoms with Gasteiger partial charge in [-0.3, -0.25) is 38.4 Å². The van der Waals surface area contributed by atoms with Gasteiger partial charge in [-0.25, -0.2) is 26.9 Å². The lowest BCUT2D eigenvalue weighted by atomic mass is 9.96. The minimum atomic E-state index is -1.41. The van der Waals surface area contributed by atoms with Crippen LogP contribution < -0.4 is 27.4 Å². The maximum absolute atomic E-state index is 14.4. The molecule has 80 heavy (non-hydrogen) atoms. The first kappa shape index (κ1) is 64.2. The maximum atomic E-state index is 14.4. The number of fused-ring (bicyclic) bond motifs is 2. The lowest BCUT2D eigenvalue weighted by Crippen LogP contribution is -2.42. The first-order valence-electron chi connectivity index (χ1n) is 24.3. The third-order valence-electron chi connectivity index (χ3n) is 12.2. The van der Waals surface area contributed by atoms with Gasteiger partial charge < -0.3 is 37.4 Å². The van der Waals surface area contributed by atoms with Gasteiger partial charge in [0.1, 0.15) is 52.3 Å². The first-order chi connectivity index (χ1) is 36.9. The summed E-state index contributed by atoms with van der Waals surface area (Å²) in [5.74, 6) is -5.52. The predicted molar refractivity (Wildman–Crippen MR) is 295 cm³/mol. The number of carbonyl (C=O) groups excluding carboxylic acids is 7. The third kappa shape index (κ3) is 16.0. The second-order valence-electron chi connectivity index (χ2n) is 20.4. The number of primary amides is 2. The average molecular weight is 1220 g/mol. The van der Waals surface area contributed by atoms with Crippen LogP contribution in [0.3, 0.4) is 0 Å². The van der Waals surface area contributed by atoms with E-state index in [0.717, 1.165) is 36.9 Å². The Morgan fingerprint density at radius 3 is 1.57 bits per heavy atom. The molecule has 2 fully saturated rings. The number of nitrogens with two attached hydrogens (primary N) is 2. The van der Waals surface area contributed by atoms with Crippen molar-refractivity contribution in [2.24, 2.45) is 22.3 Å². The smallest absolute Gasteiger partial charge is 0.325 e. The van der Waals surface area contributed by atoms with Crippen LogP contribution in [0.25, 0.3) is 20.7 Å². The van der Waals surface area contributed by atoms with E-state index in [0.29, 0.717) is 16.7 Å². The summed E-state index contributed by atoms with van der Waals surface area (Å²) >= 11 is 13.5. The molecule has 0 bridgehead atoms. The Bertz CT molecular complexity index is 3340. The van der Waals surface area contributed by atoms with Gasteiger partial charge in [0.15, 0.2) is 38.7 Å². The number of ketones is 2. The van der Waals surface area contributed by atoms with Gasteiger partial charge in [0.25, 0.3) is 11.8 Å². The molecule has 4 atom stereocenters. The molecule has 8 rings (SSSR count). The molecule has 6 aromatic rings. The van der Waals surface area contributed by atoms with Crippen molar-refractivity contribution in [3.05, 3.63) is 80.6 Å². The largest absolute Gasteiger partial charge is 0.480 e. The first-order valence-corrected chi connectivity index (χ1v) is 26.7. The number of halogens is 7. The van der Waals surface area contributed by atoms with Gasteiger partial charge in [-0.1, -0.05) is 112 Å². The number of carboxylic acid groups (broad SMARTS) is 1. The van der Waals surface area contributed by atoms with E-state index in [1.165, 1.54) is 18.2 Å². The van der Waals surface area contributed by atoms with Crippen LogP contribution in [0.1, 0.15) is 99.3 Å². The number of likely N-dealkylation sites (tertiary alicyclic amines) is 1. The number of hydrogen-bond donors (Lipinski definition) is 6. The van der Waals surface area contributed by atoms with Crippen molar-refractivity contribution in [3.63, 3.8) is 0 Å². The SMILES string of the molecule is CC(C)(C)C(=O)Nc1nc2c(s1)c(C(N)=O)nn2CC(=O)N1C[C@H](F)C[C@H]1C(=O)CCc1cccc(Cl)c1F.CC(C)(C)C(=O)Nc1nc2c(s1)c(C(N)=O)nn2CC(=O)O.Cl.O=C(CCc1cccc(Cl)c1F)[C@@H]1C[C@@H](F)CN1. The Balaban J connectivity index is 0.000000242. The van der Waals surface area contributed by atoms with E-state index in [9.17, 15) is 55.9 Å². The van der Waals surface area contributed by atoms with Crippen LogP contribution in [0.5, 0.6) is 0 Å². The Morgan fingerprint density at radius 1 is 0.713 bits per heavy atom. The minimum Gasteiger partial charge on any atom is -0.480 e. The summed E-state index contributed by atoms with van der Waals surface area (Å²) in [5.41, 5.74) is 10.2. The van der Waals surface area contributed by atoms with Crippen LogP contribution in [-0.4, -0.2) is 124 Å². The lowest BCUT2D eigenvalue weighted by molar-refractivity contribution is -0.138. The summed E-state index contributed by atoms with van der Waals surface area (Å²) in [6.45, 7) is 9.44. The molecule has 4 aromatic heterocycles. The Hall–Kier alpha value is -6.65. The van der Waals surface area contributed by atoms with Gasteiger partial charge in [-0.15, -0.1) is 12.4 Å². The quantitative estimate of drug-likeness (QED) is 0.0519. The number of carbonyl (C=O) groups is 8. The molecule has 6 heterocycles. The van der Waals surface area contributed by atoms with Gasteiger partial charge in [0.05, 0.1) is 28.7 Å². The molecule has 0 unspecified atom stereocenters. The molecule has 8 N–H and O–H groups in total. The van der Waals surface area contributed by atoms with Crippen LogP contribution in [0.4, 0.5) is 27.8 Å². The molecular formula is C50H57Cl3F4N12O9S2. The number of aromatic nitrogens is 6. The summed E-state index contributed by atoms with van der Waals surface area (Å²) in [5, 5.41) is 25.4. The van der Waals surface area contributed by atoms with Crippen LogP contribution in [0.15, 0.2) is 36.4 Å². The number of nitrogens with one attached hydrogen (secondary N) is 3. The Labute approximate surface area is 478 Å². The molecule has 2 aliphatic heterocycles. The van der Waals surface area contributed by atoms with Crippen molar-refractivity contribution >= 4 is 136 Å².